The van der Waals surface area contributed by atoms with Crippen molar-refractivity contribution in [1.29, 1.82) is 0 Å². The van der Waals surface area contributed by atoms with E-state index in [2.05, 4.69) is 9.97 Å². The van der Waals surface area contributed by atoms with Crippen LogP contribution in [0.1, 0.15) is 28.4 Å². The predicted molar refractivity (Wildman–Crippen MR) is 94.9 cm³/mol. The highest BCUT2D eigenvalue weighted by Gasteiger charge is 2.40. The molecule has 1 fully saturated rings. The van der Waals surface area contributed by atoms with Gasteiger partial charge in [0, 0.05) is 30.8 Å². The standard InChI is InChI=1S/C19H21N3O4/c1-11-5-3-4-6-14(11)15-9-22(10-16(15)19(25)26)17(23)7-13-8-20-12(2)21-18(13)24/h3-6,8,15-16H,7,9-10H2,1-2H3,(H,25,26)(H,20,21,24)/t15-,16+/m0/s1. The summed E-state index contributed by atoms with van der Waals surface area (Å²) in [7, 11) is 0. The van der Waals surface area contributed by atoms with Crippen LogP contribution in [0.2, 0.25) is 0 Å². The highest BCUT2D eigenvalue weighted by Crippen LogP contribution is 2.34. The molecule has 1 aromatic carbocycles. The molecule has 1 amide bonds. The monoisotopic (exact) mass is 355 g/mol. The fourth-order valence-corrected chi connectivity index (χ4v) is 3.49. The van der Waals surface area contributed by atoms with Crippen LogP contribution < -0.4 is 5.56 Å². The van der Waals surface area contributed by atoms with Gasteiger partial charge in [-0.05, 0) is 25.0 Å². The molecule has 0 radical (unpaired) electrons. The van der Waals surface area contributed by atoms with Crippen molar-refractivity contribution in [2.45, 2.75) is 26.2 Å². The number of aromatic amines is 1. The second-order valence-corrected chi connectivity index (χ2v) is 6.71. The molecule has 26 heavy (non-hydrogen) atoms. The zero-order chi connectivity index (χ0) is 18.8. The Bertz CT molecular complexity index is 906. The van der Waals surface area contributed by atoms with Gasteiger partial charge in [0.05, 0.1) is 12.3 Å². The van der Waals surface area contributed by atoms with Crippen molar-refractivity contribution in [2.24, 2.45) is 5.92 Å². The summed E-state index contributed by atoms with van der Waals surface area (Å²) in [6.45, 7) is 4.08. The Labute approximate surface area is 150 Å². The Hall–Kier alpha value is -2.96. The summed E-state index contributed by atoms with van der Waals surface area (Å²) in [4.78, 5) is 44.4. The van der Waals surface area contributed by atoms with Gasteiger partial charge in [-0.15, -0.1) is 0 Å². The van der Waals surface area contributed by atoms with E-state index >= 15 is 0 Å². The number of carbonyl (C=O) groups is 2. The first-order chi connectivity index (χ1) is 12.4. The Balaban J connectivity index is 1.81. The minimum atomic E-state index is -0.914. The van der Waals surface area contributed by atoms with Gasteiger partial charge in [-0.2, -0.15) is 0 Å². The molecular formula is C19H21N3O4. The van der Waals surface area contributed by atoms with Crippen LogP contribution in [0.15, 0.2) is 35.3 Å². The van der Waals surface area contributed by atoms with Gasteiger partial charge in [0.2, 0.25) is 5.91 Å². The predicted octanol–water partition coefficient (Wildman–Crippen LogP) is 1.26. The fraction of sp³-hybridized carbons (Fsp3) is 0.368. The van der Waals surface area contributed by atoms with E-state index in [0.29, 0.717) is 12.4 Å². The summed E-state index contributed by atoms with van der Waals surface area (Å²) in [6.07, 6.45) is 1.31. The normalized spacial score (nSPS) is 19.5. The number of aliphatic carboxylic acids is 1. The van der Waals surface area contributed by atoms with Crippen molar-refractivity contribution >= 4 is 11.9 Å². The summed E-state index contributed by atoms with van der Waals surface area (Å²) in [5, 5.41) is 9.60. The molecule has 2 heterocycles. The lowest BCUT2D eigenvalue weighted by atomic mass is 9.86. The van der Waals surface area contributed by atoms with E-state index in [9.17, 15) is 19.5 Å². The Kier molecular flexibility index (Phi) is 4.88. The minimum absolute atomic E-state index is 0.0879. The number of carboxylic acid groups (broad SMARTS) is 1. The van der Waals surface area contributed by atoms with Gasteiger partial charge in [-0.1, -0.05) is 24.3 Å². The van der Waals surface area contributed by atoms with Crippen LogP contribution in [0.5, 0.6) is 0 Å². The van der Waals surface area contributed by atoms with Crippen molar-refractivity contribution in [3.05, 3.63) is 63.3 Å². The maximum Gasteiger partial charge on any atom is 0.308 e. The van der Waals surface area contributed by atoms with Crippen molar-refractivity contribution in [3.63, 3.8) is 0 Å². The molecular weight excluding hydrogens is 334 g/mol. The number of hydrogen-bond donors (Lipinski definition) is 2. The first kappa shape index (κ1) is 17.8. The van der Waals surface area contributed by atoms with Crippen LogP contribution in [-0.4, -0.2) is 44.9 Å². The smallest absolute Gasteiger partial charge is 0.308 e. The first-order valence-electron chi connectivity index (χ1n) is 8.47. The van der Waals surface area contributed by atoms with Crippen LogP contribution in [-0.2, 0) is 16.0 Å². The number of carbonyl (C=O) groups excluding carboxylic acids is 1. The number of likely N-dealkylation sites (tertiary alicyclic amines) is 1. The number of aromatic nitrogens is 2. The molecule has 0 bridgehead atoms. The van der Waals surface area contributed by atoms with Crippen molar-refractivity contribution in [2.75, 3.05) is 13.1 Å². The van der Waals surface area contributed by atoms with Crippen LogP contribution in [0.25, 0.3) is 0 Å². The maximum atomic E-state index is 12.6. The van der Waals surface area contributed by atoms with E-state index in [-0.39, 0.29) is 35.9 Å². The highest BCUT2D eigenvalue weighted by molar-refractivity contribution is 5.81. The number of nitrogens with one attached hydrogen (secondary N) is 1. The van der Waals surface area contributed by atoms with Gasteiger partial charge in [-0.3, -0.25) is 14.4 Å². The maximum absolute atomic E-state index is 12.6. The van der Waals surface area contributed by atoms with E-state index in [1.54, 1.807) is 6.92 Å². The molecule has 2 aromatic rings. The number of rotatable bonds is 4. The van der Waals surface area contributed by atoms with Crippen LogP contribution >= 0.6 is 0 Å². The van der Waals surface area contributed by atoms with Crippen LogP contribution in [0.4, 0.5) is 0 Å². The van der Waals surface area contributed by atoms with Gasteiger partial charge < -0.3 is 15.0 Å². The SMILES string of the molecule is Cc1ncc(CC(=O)N2C[C@@H](C(=O)O)[C@H](c3ccccc3C)C2)c(=O)[nH]1. The molecule has 3 rings (SSSR count). The minimum Gasteiger partial charge on any atom is -0.481 e. The number of aryl methyl sites for hydroxylation is 2. The lowest BCUT2D eigenvalue weighted by Crippen LogP contribution is -2.33. The molecule has 1 aliphatic rings. The van der Waals surface area contributed by atoms with E-state index < -0.39 is 11.9 Å². The number of amides is 1. The number of nitrogens with zero attached hydrogens (tertiary/aromatic N) is 2. The van der Waals surface area contributed by atoms with Crippen molar-refractivity contribution < 1.29 is 14.7 Å². The lowest BCUT2D eigenvalue weighted by Gasteiger charge is -2.18. The van der Waals surface area contributed by atoms with Gasteiger partial charge in [-0.25, -0.2) is 4.98 Å². The average Bonchev–Trinajstić information content (AvgIpc) is 3.03. The third-order valence-electron chi connectivity index (χ3n) is 4.92. The Morgan fingerprint density at radius 1 is 1.27 bits per heavy atom. The summed E-state index contributed by atoms with van der Waals surface area (Å²) >= 11 is 0. The van der Waals surface area contributed by atoms with Gasteiger partial charge in [0.1, 0.15) is 5.82 Å². The number of benzene rings is 1. The number of hydrogen-bond acceptors (Lipinski definition) is 4. The zero-order valence-corrected chi connectivity index (χ0v) is 14.7. The molecule has 1 aromatic heterocycles. The van der Waals surface area contributed by atoms with Gasteiger partial charge in [0.25, 0.3) is 5.56 Å². The van der Waals surface area contributed by atoms with Gasteiger partial charge in [0.15, 0.2) is 0 Å². The van der Waals surface area contributed by atoms with E-state index in [4.69, 9.17) is 0 Å². The molecule has 136 valence electrons. The van der Waals surface area contributed by atoms with E-state index in [1.165, 1.54) is 11.1 Å². The third-order valence-corrected chi connectivity index (χ3v) is 4.92. The Morgan fingerprint density at radius 3 is 2.65 bits per heavy atom. The molecule has 0 aliphatic carbocycles. The van der Waals surface area contributed by atoms with Gasteiger partial charge >= 0.3 is 5.97 Å². The molecule has 0 unspecified atom stereocenters. The molecule has 2 N–H and O–H groups in total. The topological polar surface area (TPSA) is 103 Å². The lowest BCUT2D eigenvalue weighted by molar-refractivity contribution is -0.141. The molecule has 2 atom stereocenters. The number of H-pyrrole nitrogens is 1. The van der Waals surface area contributed by atoms with Crippen LogP contribution in [0, 0.1) is 19.8 Å². The summed E-state index contributed by atoms with van der Waals surface area (Å²) in [5.41, 5.74) is 1.91. The summed E-state index contributed by atoms with van der Waals surface area (Å²) < 4.78 is 0. The third kappa shape index (κ3) is 3.51. The van der Waals surface area contributed by atoms with Crippen molar-refractivity contribution in [1.82, 2.24) is 14.9 Å². The molecule has 1 saturated heterocycles. The zero-order valence-electron chi connectivity index (χ0n) is 14.7. The van der Waals surface area contributed by atoms with Crippen molar-refractivity contribution in [3.8, 4) is 0 Å². The molecule has 0 spiro atoms. The second-order valence-electron chi connectivity index (χ2n) is 6.71. The largest absolute Gasteiger partial charge is 0.481 e. The van der Waals surface area contributed by atoms with E-state index in [0.717, 1.165) is 11.1 Å². The summed E-state index contributed by atoms with van der Waals surface area (Å²) in [5.74, 6) is -1.61. The highest BCUT2D eigenvalue weighted by atomic mass is 16.4. The molecule has 7 nitrogen and oxygen atoms in total. The molecule has 1 aliphatic heterocycles. The Morgan fingerprint density at radius 2 is 2.00 bits per heavy atom. The number of carboxylic acids is 1. The average molecular weight is 355 g/mol. The first-order valence-corrected chi connectivity index (χ1v) is 8.47. The van der Waals surface area contributed by atoms with Crippen LogP contribution in [0.3, 0.4) is 0 Å². The molecule has 7 heteroatoms. The van der Waals surface area contributed by atoms with E-state index in [1.807, 2.05) is 31.2 Å². The fourth-order valence-electron chi connectivity index (χ4n) is 3.49. The molecule has 0 saturated carbocycles. The quantitative estimate of drug-likeness (QED) is 0.859. The summed E-state index contributed by atoms with van der Waals surface area (Å²) in [6, 6.07) is 7.64. The second kappa shape index (κ2) is 7.11.